The molecule has 2 N–H and O–H groups in total. The SMILES string of the molecule is CNCn1cc(OC)c(=O)[nH]c1=S. The van der Waals surface area contributed by atoms with Crippen molar-refractivity contribution in [3.63, 3.8) is 0 Å². The van der Waals surface area contributed by atoms with Gasteiger partial charge in [-0.3, -0.25) is 9.78 Å². The average Bonchev–Trinajstić information content (AvgIpc) is 2.10. The molecule has 5 nitrogen and oxygen atoms in total. The van der Waals surface area contributed by atoms with Crippen molar-refractivity contribution < 1.29 is 4.74 Å². The molecule has 72 valence electrons. The number of aromatic amines is 1. The minimum Gasteiger partial charge on any atom is -0.490 e. The zero-order chi connectivity index (χ0) is 9.84. The van der Waals surface area contributed by atoms with Crippen molar-refractivity contribution >= 4 is 12.2 Å². The second-order valence-electron chi connectivity index (χ2n) is 2.44. The minimum atomic E-state index is -0.306. The van der Waals surface area contributed by atoms with E-state index >= 15 is 0 Å². The Kier molecular flexibility index (Phi) is 3.21. The van der Waals surface area contributed by atoms with Crippen LogP contribution in [0.2, 0.25) is 0 Å². The van der Waals surface area contributed by atoms with Gasteiger partial charge in [0.05, 0.1) is 20.0 Å². The van der Waals surface area contributed by atoms with E-state index in [4.69, 9.17) is 17.0 Å². The van der Waals surface area contributed by atoms with Gasteiger partial charge in [-0.2, -0.15) is 0 Å². The molecule has 0 aromatic carbocycles. The van der Waals surface area contributed by atoms with Crippen molar-refractivity contribution in [2.75, 3.05) is 14.2 Å². The van der Waals surface area contributed by atoms with Crippen LogP contribution in [0.3, 0.4) is 0 Å². The predicted octanol–water partition coefficient (Wildman–Crippen LogP) is 0.0914. The number of H-pyrrole nitrogens is 1. The van der Waals surface area contributed by atoms with Gasteiger partial charge in [0.1, 0.15) is 0 Å². The van der Waals surface area contributed by atoms with E-state index in [2.05, 4.69) is 10.3 Å². The molecule has 6 heteroatoms. The Balaban J connectivity index is 3.22. The number of hydrogen-bond donors (Lipinski definition) is 2. The lowest BCUT2D eigenvalue weighted by Gasteiger charge is -2.06. The molecule has 1 aromatic heterocycles. The van der Waals surface area contributed by atoms with E-state index in [1.54, 1.807) is 17.8 Å². The van der Waals surface area contributed by atoms with Crippen LogP contribution in [-0.4, -0.2) is 23.7 Å². The number of hydrogen-bond acceptors (Lipinski definition) is 4. The van der Waals surface area contributed by atoms with E-state index in [0.29, 0.717) is 11.4 Å². The Labute approximate surface area is 80.4 Å². The number of nitrogens with zero attached hydrogens (tertiary/aromatic N) is 1. The molecule has 1 heterocycles. The number of ether oxygens (including phenoxy) is 1. The third-order valence-electron chi connectivity index (χ3n) is 1.53. The first-order valence-corrected chi connectivity index (χ1v) is 4.12. The highest BCUT2D eigenvalue weighted by atomic mass is 32.1. The molecule has 0 aliphatic carbocycles. The molecule has 0 amide bonds. The fraction of sp³-hybridized carbons (Fsp3) is 0.429. The van der Waals surface area contributed by atoms with Crippen LogP contribution in [-0.2, 0) is 6.67 Å². The summed E-state index contributed by atoms with van der Waals surface area (Å²) in [7, 11) is 3.23. The van der Waals surface area contributed by atoms with Gasteiger partial charge in [-0.25, -0.2) is 0 Å². The van der Waals surface area contributed by atoms with Crippen LogP contribution in [0.25, 0.3) is 0 Å². The van der Waals surface area contributed by atoms with E-state index in [0.717, 1.165) is 0 Å². The highest BCUT2D eigenvalue weighted by Crippen LogP contribution is 1.99. The Morgan fingerprint density at radius 2 is 2.46 bits per heavy atom. The molecule has 0 spiro atoms. The summed E-state index contributed by atoms with van der Waals surface area (Å²) < 4.78 is 6.90. The second-order valence-corrected chi connectivity index (χ2v) is 2.82. The average molecular weight is 201 g/mol. The third kappa shape index (κ3) is 2.16. The summed E-state index contributed by atoms with van der Waals surface area (Å²) in [5, 5.41) is 2.91. The van der Waals surface area contributed by atoms with E-state index in [1.807, 2.05) is 0 Å². The van der Waals surface area contributed by atoms with Gasteiger partial charge in [0.25, 0.3) is 5.56 Å². The van der Waals surface area contributed by atoms with Crippen molar-refractivity contribution in [2.45, 2.75) is 6.67 Å². The Bertz CT molecular complexity index is 395. The normalized spacial score (nSPS) is 10.0. The molecule has 1 rings (SSSR count). The maximum Gasteiger partial charge on any atom is 0.294 e. The third-order valence-corrected chi connectivity index (χ3v) is 1.86. The molecule has 0 unspecified atom stereocenters. The van der Waals surface area contributed by atoms with Crippen molar-refractivity contribution in [3.8, 4) is 5.75 Å². The first-order valence-electron chi connectivity index (χ1n) is 3.71. The summed E-state index contributed by atoms with van der Waals surface area (Å²) in [5.74, 6) is 0.254. The minimum absolute atomic E-state index is 0.254. The molecular weight excluding hydrogens is 190 g/mol. The fourth-order valence-corrected chi connectivity index (χ4v) is 1.13. The zero-order valence-electron chi connectivity index (χ0n) is 7.46. The Hall–Kier alpha value is -1.14. The van der Waals surface area contributed by atoms with Gasteiger partial charge >= 0.3 is 0 Å². The molecule has 1 aromatic rings. The summed E-state index contributed by atoms with van der Waals surface area (Å²) in [4.78, 5) is 13.6. The fourth-order valence-electron chi connectivity index (χ4n) is 0.923. The van der Waals surface area contributed by atoms with Crippen LogP contribution >= 0.6 is 12.2 Å². The van der Waals surface area contributed by atoms with E-state index in [1.165, 1.54) is 7.11 Å². The van der Waals surface area contributed by atoms with Crippen molar-refractivity contribution in [2.24, 2.45) is 0 Å². The van der Waals surface area contributed by atoms with Gasteiger partial charge in [0, 0.05) is 0 Å². The molecule has 0 saturated carbocycles. The quantitative estimate of drug-likeness (QED) is 0.680. The molecule has 0 saturated heterocycles. The monoisotopic (exact) mass is 201 g/mol. The van der Waals surface area contributed by atoms with Crippen LogP contribution in [0, 0.1) is 4.77 Å². The maximum absolute atomic E-state index is 11.1. The summed E-state index contributed by atoms with van der Waals surface area (Å²) in [6.07, 6.45) is 1.57. The summed E-state index contributed by atoms with van der Waals surface area (Å²) in [5.41, 5.74) is -0.306. The first-order chi connectivity index (χ1) is 6.19. The zero-order valence-corrected chi connectivity index (χ0v) is 8.27. The van der Waals surface area contributed by atoms with Gasteiger partial charge in [-0.1, -0.05) is 0 Å². The van der Waals surface area contributed by atoms with E-state index in [9.17, 15) is 4.79 Å². The molecular formula is C7H11N3O2S. The molecule has 0 atom stereocenters. The van der Waals surface area contributed by atoms with Gasteiger partial charge in [-0.15, -0.1) is 0 Å². The van der Waals surface area contributed by atoms with Gasteiger partial charge < -0.3 is 14.6 Å². The predicted molar refractivity (Wildman–Crippen MR) is 51.5 cm³/mol. The van der Waals surface area contributed by atoms with Crippen molar-refractivity contribution in [1.29, 1.82) is 0 Å². The Morgan fingerprint density at radius 3 is 3.00 bits per heavy atom. The molecule has 13 heavy (non-hydrogen) atoms. The van der Waals surface area contributed by atoms with Crippen LogP contribution < -0.4 is 15.6 Å². The summed E-state index contributed by atoms with van der Waals surface area (Å²) in [6, 6.07) is 0. The van der Waals surface area contributed by atoms with Crippen molar-refractivity contribution in [3.05, 3.63) is 21.3 Å². The topological polar surface area (TPSA) is 59.1 Å². The van der Waals surface area contributed by atoms with Crippen LogP contribution in [0.15, 0.2) is 11.0 Å². The number of rotatable bonds is 3. The molecule has 0 fully saturated rings. The molecule has 0 radical (unpaired) electrons. The second kappa shape index (κ2) is 4.20. The Morgan fingerprint density at radius 1 is 1.77 bits per heavy atom. The smallest absolute Gasteiger partial charge is 0.294 e. The molecule has 0 bridgehead atoms. The summed E-state index contributed by atoms with van der Waals surface area (Å²) >= 11 is 4.92. The lowest BCUT2D eigenvalue weighted by molar-refractivity contribution is 0.398. The summed E-state index contributed by atoms with van der Waals surface area (Å²) in [6.45, 7) is 0.534. The van der Waals surface area contributed by atoms with Crippen LogP contribution in [0.5, 0.6) is 5.75 Å². The van der Waals surface area contributed by atoms with Crippen LogP contribution in [0.4, 0.5) is 0 Å². The van der Waals surface area contributed by atoms with Crippen molar-refractivity contribution in [1.82, 2.24) is 14.9 Å². The number of nitrogens with one attached hydrogen (secondary N) is 2. The van der Waals surface area contributed by atoms with Gasteiger partial charge in [0.15, 0.2) is 4.77 Å². The lowest BCUT2D eigenvalue weighted by atomic mass is 10.6. The van der Waals surface area contributed by atoms with Crippen LogP contribution in [0.1, 0.15) is 0 Å². The molecule has 0 aliphatic heterocycles. The highest BCUT2D eigenvalue weighted by molar-refractivity contribution is 7.71. The first kappa shape index (κ1) is 9.94. The molecule has 0 aliphatic rings. The van der Waals surface area contributed by atoms with E-state index < -0.39 is 0 Å². The van der Waals surface area contributed by atoms with Gasteiger partial charge in [0.2, 0.25) is 5.75 Å². The standard InChI is InChI=1S/C7H11N3O2S/c1-8-4-10-3-5(12-2)6(11)9-7(10)13/h3,8H,4H2,1-2H3,(H,9,11,13). The lowest BCUT2D eigenvalue weighted by Crippen LogP contribution is -2.20. The maximum atomic E-state index is 11.1. The highest BCUT2D eigenvalue weighted by Gasteiger charge is 2.00. The van der Waals surface area contributed by atoms with E-state index in [-0.39, 0.29) is 11.3 Å². The number of aromatic nitrogens is 2. The van der Waals surface area contributed by atoms with Gasteiger partial charge in [-0.05, 0) is 19.3 Å². The largest absolute Gasteiger partial charge is 0.490 e. The number of methoxy groups -OCH3 is 1.